The molecule has 1 aliphatic heterocycles. The largest absolute Gasteiger partial charge is 0.465 e. The van der Waals surface area contributed by atoms with E-state index in [1.54, 1.807) is 7.05 Å². The highest BCUT2D eigenvalue weighted by molar-refractivity contribution is 6.02. The average Bonchev–Trinajstić information content (AvgIpc) is 2.80. The maximum atomic E-state index is 11.7. The minimum Gasteiger partial charge on any atom is -0.465 e. The van der Waals surface area contributed by atoms with Crippen molar-refractivity contribution in [3.05, 3.63) is 11.8 Å². The summed E-state index contributed by atoms with van der Waals surface area (Å²) in [6, 6.07) is 0. The molecule has 7 heteroatoms. The molecule has 0 saturated carbocycles. The van der Waals surface area contributed by atoms with Crippen molar-refractivity contribution in [3.8, 4) is 0 Å². The quantitative estimate of drug-likeness (QED) is 0.690. The molecule has 1 fully saturated rings. The van der Waals surface area contributed by atoms with E-state index in [2.05, 4.69) is 9.84 Å². The molecule has 0 aromatic carbocycles. The highest BCUT2D eigenvalue weighted by Gasteiger charge is 2.34. The van der Waals surface area contributed by atoms with Gasteiger partial charge < -0.3 is 9.84 Å². The fourth-order valence-electron chi connectivity index (χ4n) is 1.90. The number of aliphatic hydroxyl groups is 1. The van der Waals surface area contributed by atoms with Crippen LogP contribution in [0.1, 0.15) is 16.8 Å². The third kappa shape index (κ3) is 1.89. The number of carbonyl (C=O) groups excluding carboxylic acids is 2. The summed E-state index contributed by atoms with van der Waals surface area (Å²) in [5.74, 6) is -0.424. The first-order chi connectivity index (χ1) is 8.04. The van der Waals surface area contributed by atoms with Crippen LogP contribution in [-0.2, 0) is 16.6 Å². The highest BCUT2D eigenvalue weighted by Crippen LogP contribution is 2.25. The molecule has 1 N–H and O–H groups in total. The van der Waals surface area contributed by atoms with Crippen LogP contribution < -0.4 is 4.90 Å². The Morgan fingerprint density at radius 3 is 2.88 bits per heavy atom. The molecule has 0 spiro atoms. The van der Waals surface area contributed by atoms with Gasteiger partial charge in [0, 0.05) is 7.05 Å². The Morgan fingerprint density at radius 1 is 1.65 bits per heavy atom. The molecule has 0 aliphatic carbocycles. The topological polar surface area (TPSA) is 84.7 Å². The lowest BCUT2D eigenvalue weighted by Crippen LogP contribution is -2.29. The van der Waals surface area contributed by atoms with Gasteiger partial charge in [-0.15, -0.1) is 0 Å². The second-order valence-electron chi connectivity index (χ2n) is 3.86. The van der Waals surface area contributed by atoms with Gasteiger partial charge in [0.25, 0.3) is 0 Å². The molecule has 1 unspecified atom stereocenters. The molecule has 1 aliphatic rings. The smallest absolute Gasteiger partial charge is 0.343 e. The molecule has 7 nitrogen and oxygen atoms in total. The number of rotatable bonds is 2. The van der Waals surface area contributed by atoms with E-state index < -0.39 is 12.1 Å². The lowest BCUT2D eigenvalue weighted by molar-refractivity contribution is -0.117. The van der Waals surface area contributed by atoms with Crippen LogP contribution in [0.15, 0.2) is 6.20 Å². The van der Waals surface area contributed by atoms with E-state index >= 15 is 0 Å². The van der Waals surface area contributed by atoms with Crippen LogP contribution >= 0.6 is 0 Å². The Kier molecular flexibility index (Phi) is 2.84. The van der Waals surface area contributed by atoms with Gasteiger partial charge in [-0.2, -0.15) is 5.10 Å². The van der Waals surface area contributed by atoms with Crippen LogP contribution in [-0.4, -0.2) is 46.5 Å². The summed E-state index contributed by atoms with van der Waals surface area (Å²) >= 11 is 0. The molecule has 1 amide bonds. The van der Waals surface area contributed by atoms with Gasteiger partial charge in [0.05, 0.1) is 32.4 Å². The number of aromatic nitrogens is 2. The normalized spacial score (nSPS) is 19.8. The lowest BCUT2D eigenvalue weighted by Gasteiger charge is -2.17. The third-order valence-corrected chi connectivity index (χ3v) is 2.67. The van der Waals surface area contributed by atoms with Gasteiger partial charge in [0.1, 0.15) is 11.4 Å². The SMILES string of the molecule is COC(=O)c1cnn(C)c1N1CC(O)CC1=O. The first kappa shape index (κ1) is 11.6. The highest BCUT2D eigenvalue weighted by atomic mass is 16.5. The number of anilines is 1. The maximum Gasteiger partial charge on any atom is 0.343 e. The Labute approximate surface area is 97.6 Å². The van der Waals surface area contributed by atoms with E-state index in [0.29, 0.717) is 5.82 Å². The number of amides is 1. The zero-order valence-electron chi connectivity index (χ0n) is 9.58. The number of aryl methyl sites for hydroxylation is 1. The van der Waals surface area contributed by atoms with Gasteiger partial charge in [-0.3, -0.25) is 14.4 Å². The second-order valence-corrected chi connectivity index (χ2v) is 3.86. The zero-order valence-corrected chi connectivity index (χ0v) is 9.58. The predicted octanol–water partition coefficient (Wildman–Crippen LogP) is -0.696. The second kappa shape index (κ2) is 4.17. The lowest BCUT2D eigenvalue weighted by atomic mass is 10.3. The van der Waals surface area contributed by atoms with Gasteiger partial charge in [-0.25, -0.2) is 4.79 Å². The van der Waals surface area contributed by atoms with Crippen LogP contribution in [0.4, 0.5) is 5.82 Å². The summed E-state index contributed by atoms with van der Waals surface area (Å²) in [6.07, 6.45) is 0.702. The number of ether oxygens (including phenoxy) is 1. The minimum atomic E-state index is -0.706. The van der Waals surface area contributed by atoms with Crippen molar-refractivity contribution in [2.45, 2.75) is 12.5 Å². The zero-order chi connectivity index (χ0) is 12.6. The van der Waals surface area contributed by atoms with Crippen molar-refractivity contribution >= 4 is 17.7 Å². The number of hydrogen-bond acceptors (Lipinski definition) is 5. The third-order valence-electron chi connectivity index (χ3n) is 2.67. The Hall–Kier alpha value is -1.89. The molecule has 1 saturated heterocycles. The number of carbonyl (C=O) groups is 2. The Morgan fingerprint density at radius 2 is 2.35 bits per heavy atom. The van der Waals surface area contributed by atoms with E-state index in [1.165, 1.54) is 22.9 Å². The van der Waals surface area contributed by atoms with Crippen molar-refractivity contribution in [3.63, 3.8) is 0 Å². The fourth-order valence-corrected chi connectivity index (χ4v) is 1.90. The van der Waals surface area contributed by atoms with Crippen LogP contribution in [0.2, 0.25) is 0 Å². The van der Waals surface area contributed by atoms with Crippen molar-refractivity contribution in [2.24, 2.45) is 7.05 Å². The van der Waals surface area contributed by atoms with Crippen molar-refractivity contribution in [1.82, 2.24) is 9.78 Å². The Bertz CT molecular complexity index is 468. The number of nitrogens with zero attached hydrogens (tertiary/aromatic N) is 3. The van der Waals surface area contributed by atoms with Crippen LogP contribution in [0.25, 0.3) is 0 Å². The summed E-state index contributed by atoms with van der Waals surface area (Å²) in [6.45, 7) is 0.169. The number of hydrogen-bond donors (Lipinski definition) is 1. The van der Waals surface area contributed by atoms with Gasteiger partial charge in [0.15, 0.2) is 0 Å². The van der Waals surface area contributed by atoms with E-state index in [1.807, 2.05) is 0 Å². The minimum absolute atomic E-state index is 0.0613. The van der Waals surface area contributed by atoms with E-state index in [9.17, 15) is 14.7 Å². The van der Waals surface area contributed by atoms with Crippen molar-refractivity contribution in [2.75, 3.05) is 18.6 Å². The number of aliphatic hydroxyl groups excluding tert-OH is 1. The van der Waals surface area contributed by atoms with Gasteiger partial charge in [-0.1, -0.05) is 0 Å². The van der Waals surface area contributed by atoms with Gasteiger partial charge in [0.2, 0.25) is 5.91 Å². The van der Waals surface area contributed by atoms with E-state index in [0.717, 1.165) is 0 Å². The maximum absolute atomic E-state index is 11.7. The summed E-state index contributed by atoms with van der Waals surface area (Å²) in [5.41, 5.74) is 0.220. The summed E-state index contributed by atoms with van der Waals surface area (Å²) < 4.78 is 6.04. The molecule has 92 valence electrons. The number of esters is 1. The molecule has 1 aromatic heterocycles. The molecule has 2 heterocycles. The standard InChI is InChI=1S/C10H13N3O4/c1-12-9(7(4-11-12)10(16)17-2)13-5-6(14)3-8(13)15/h4,6,14H,3,5H2,1-2H3. The monoisotopic (exact) mass is 239 g/mol. The van der Waals surface area contributed by atoms with Crippen molar-refractivity contribution in [1.29, 1.82) is 0 Å². The Balaban J connectivity index is 2.41. The molecule has 0 bridgehead atoms. The number of β-amino-alcohol motifs (C(OH)–C–C–N with tert-alkyl or cyclic N) is 1. The molecule has 1 atom stereocenters. The van der Waals surface area contributed by atoms with Crippen molar-refractivity contribution < 1.29 is 19.4 Å². The van der Waals surface area contributed by atoms with Crippen LogP contribution in [0.3, 0.4) is 0 Å². The first-order valence-corrected chi connectivity index (χ1v) is 5.13. The molecule has 0 radical (unpaired) electrons. The van der Waals surface area contributed by atoms with E-state index in [4.69, 9.17) is 0 Å². The molecular formula is C10H13N3O4. The fraction of sp³-hybridized carbons (Fsp3) is 0.500. The van der Waals surface area contributed by atoms with Crippen LogP contribution in [0.5, 0.6) is 0 Å². The first-order valence-electron chi connectivity index (χ1n) is 5.13. The summed E-state index contributed by atoms with van der Waals surface area (Å²) in [7, 11) is 2.89. The molecule has 1 aromatic rings. The molecule has 2 rings (SSSR count). The van der Waals surface area contributed by atoms with E-state index in [-0.39, 0.29) is 24.4 Å². The number of methoxy groups -OCH3 is 1. The average molecular weight is 239 g/mol. The molecule has 17 heavy (non-hydrogen) atoms. The summed E-state index contributed by atoms with van der Waals surface area (Å²) in [5, 5.41) is 13.4. The molecular weight excluding hydrogens is 226 g/mol. The van der Waals surface area contributed by atoms with Crippen LogP contribution in [0, 0.1) is 0 Å². The predicted molar refractivity (Wildman–Crippen MR) is 57.5 cm³/mol. The van der Waals surface area contributed by atoms with Gasteiger partial charge >= 0.3 is 5.97 Å². The summed E-state index contributed by atoms with van der Waals surface area (Å²) in [4.78, 5) is 24.5. The van der Waals surface area contributed by atoms with Gasteiger partial charge in [-0.05, 0) is 0 Å².